The molecule has 0 bridgehead atoms. The van der Waals surface area contributed by atoms with Gasteiger partial charge in [-0.1, -0.05) is 18.3 Å². The van der Waals surface area contributed by atoms with E-state index in [1.165, 1.54) is 21.7 Å². The van der Waals surface area contributed by atoms with Crippen LogP contribution in [0.4, 0.5) is 0 Å². The highest BCUT2D eigenvalue weighted by Gasteiger charge is 2.32. The summed E-state index contributed by atoms with van der Waals surface area (Å²) in [4.78, 5) is 26.9. The average Bonchev–Trinajstić information content (AvgIpc) is 3.08. The zero-order chi connectivity index (χ0) is 22.9. The first kappa shape index (κ1) is 23.4. The number of piperidine rings is 2. The number of likely N-dealkylation sites (tertiary alicyclic amines) is 1. The molecular formula is C22H32N4O4S2. The predicted octanol–water partition coefficient (Wildman–Crippen LogP) is 1.85. The minimum absolute atomic E-state index is 0.0305. The zero-order valence-corrected chi connectivity index (χ0v) is 20.4. The fourth-order valence-electron chi connectivity index (χ4n) is 4.55. The molecule has 3 heterocycles. The number of rotatable bonds is 6. The zero-order valence-electron chi connectivity index (χ0n) is 18.7. The second-order valence-corrected chi connectivity index (χ2v) is 12.0. The van der Waals surface area contributed by atoms with Crippen LogP contribution in [0.3, 0.4) is 0 Å². The molecule has 2 saturated heterocycles. The SMILES string of the molecule is CC1CCN(CCNC(=O)C2CCN(S(=O)(=O)c3ccc4c(c3)sc(=O)n4C)CC2)CC1. The number of nitrogens with one attached hydrogen (secondary N) is 1. The van der Waals surface area contributed by atoms with E-state index in [9.17, 15) is 18.0 Å². The number of fused-ring (bicyclic) bond motifs is 1. The van der Waals surface area contributed by atoms with Crippen LogP contribution in [0.15, 0.2) is 27.9 Å². The van der Waals surface area contributed by atoms with Gasteiger partial charge < -0.3 is 14.8 Å². The number of aromatic nitrogens is 1. The lowest BCUT2D eigenvalue weighted by atomic mass is 9.97. The van der Waals surface area contributed by atoms with E-state index in [0.29, 0.717) is 37.2 Å². The topological polar surface area (TPSA) is 91.7 Å². The molecule has 8 nitrogen and oxygen atoms in total. The molecule has 2 aliphatic heterocycles. The van der Waals surface area contributed by atoms with Crippen LogP contribution in [0.25, 0.3) is 10.2 Å². The van der Waals surface area contributed by atoms with E-state index in [2.05, 4.69) is 17.1 Å². The molecule has 2 aliphatic rings. The summed E-state index contributed by atoms with van der Waals surface area (Å²) >= 11 is 1.05. The van der Waals surface area contributed by atoms with Crippen molar-refractivity contribution in [3.05, 3.63) is 27.9 Å². The number of carbonyl (C=O) groups excluding carboxylic acids is 1. The molecule has 0 atom stereocenters. The second kappa shape index (κ2) is 9.62. The predicted molar refractivity (Wildman–Crippen MR) is 126 cm³/mol. The van der Waals surface area contributed by atoms with Crippen molar-refractivity contribution in [2.75, 3.05) is 39.3 Å². The van der Waals surface area contributed by atoms with E-state index in [1.807, 2.05) is 0 Å². The third-order valence-electron chi connectivity index (χ3n) is 6.83. The summed E-state index contributed by atoms with van der Waals surface area (Å²) < 4.78 is 29.9. The molecule has 1 N–H and O–H groups in total. The smallest absolute Gasteiger partial charge is 0.307 e. The van der Waals surface area contributed by atoms with Crippen LogP contribution in [0, 0.1) is 11.8 Å². The quantitative estimate of drug-likeness (QED) is 0.681. The molecule has 10 heteroatoms. The van der Waals surface area contributed by atoms with Gasteiger partial charge >= 0.3 is 4.87 Å². The fourth-order valence-corrected chi connectivity index (χ4v) is 7.04. The van der Waals surface area contributed by atoms with Crippen LogP contribution in [-0.4, -0.2) is 67.4 Å². The molecule has 1 aromatic heterocycles. The summed E-state index contributed by atoms with van der Waals surface area (Å²) in [6.45, 7) is 6.65. The summed E-state index contributed by atoms with van der Waals surface area (Å²) in [5.74, 6) is 0.675. The van der Waals surface area contributed by atoms with Crippen LogP contribution in [0.5, 0.6) is 0 Å². The molecule has 0 spiro atoms. The van der Waals surface area contributed by atoms with E-state index in [-0.39, 0.29) is 21.6 Å². The Morgan fingerprint density at radius 2 is 1.81 bits per heavy atom. The maximum Gasteiger partial charge on any atom is 0.307 e. The Kier molecular flexibility index (Phi) is 7.04. The van der Waals surface area contributed by atoms with Crippen LogP contribution in [0.1, 0.15) is 32.6 Å². The lowest BCUT2D eigenvalue weighted by Gasteiger charge is -2.32. The van der Waals surface area contributed by atoms with Gasteiger partial charge in [0.2, 0.25) is 15.9 Å². The van der Waals surface area contributed by atoms with Gasteiger partial charge in [0.25, 0.3) is 0 Å². The lowest BCUT2D eigenvalue weighted by Crippen LogP contribution is -2.44. The van der Waals surface area contributed by atoms with Gasteiger partial charge in [-0.2, -0.15) is 4.31 Å². The van der Waals surface area contributed by atoms with Gasteiger partial charge in [0, 0.05) is 39.1 Å². The van der Waals surface area contributed by atoms with Gasteiger partial charge in [-0.3, -0.25) is 9.59 Å². The average molecular weight is 481 g/mol. The van der Waals surface area contributed by atoms with Crippen molar-refractivity contribution in [3.63, 3.8) is 0 Å². The molecule has 0 aliphatic carbocycles. The summed E-state index contributed by atoms with van der Waals surface area (Å²) in [6.07, 6.45) is 3.48. The highest BCUT2D eigenvalue weighted by atomic mass is 32.2. The summed E-state index contributed by atoms with van der Waals surface area (Å²) in [5.41, 5.74) is 0.730. The molecule has 0 unspecified atom stereocenters. The standard InChI is InChI=1S/C22H32N4O4S2/c1-16-5-10-25(11-6-16)14-9-23-21(27)17-7-12-26(13-8-17)32(29,30)18-3-4-19-20(15-18)31-22(28)24(19)2/h3-4,15-17H,5-14H2,1-2H3,(H,23,27). The molecule has 1 amide bonds. The maximum absolute atomic E-state index is 13.1. The molecule has 2 fully saturated rings. The molecular weight excluding hydrogens is 448 g/mol. The van der Waals surface area contributed by atoms with Gasteiger partial charge in [0.05, 0.1) is 15.1 Å². The van der Waals surface area contributed by atoms with Crippen molar-refractivity contribution in [1.82, 2.24) is 19.1 Å². The monoisotopic (exact) mass is 480 g/mol. The number of aryl methyl sites for hydroxylation is 1. The number of hydrogen-bond donors (Lipinski definition) is 1. The Balaban J connectivity index is 1.29. The largest absolute Gasteiger partial charge is 0.355 e. The van der Waals surface area contributed by atoms with Crippen LogP contribution in [-0.2, 0) is 21.9 Å². The van der Waals surface area contributed by atoms with Crippen LogP contribution >= 0.6 is 11.3 Å². The summed E-state index contributed by atoms with van der Waals surface area (Å²) in [6, 6.07) is 4.82. The molecule has 0 saturated carbocycles. The first-order valence-corrected chi connectivity index (χ1v) is 13.6. The van der Waals surface area contributed by atoms with E-state index >= 15 is 0 Å². The minimum Gasteiger partial charge on any atom is -0.355 e. The van der Waals surface area contributed by atoms with E-state index < -0.39 is 10.0 Å². The third kappa shape index (κ3) is 4.93. The molecule has 32 heavy (non-hydrogen) atoms. The fraction of sp³-hybridized carbons (Fsp3) is 0.636. The number of sulfonamides is 1. The Labute approximate surface area is 193 Å². The van der Waals surface area contributed by atoms with Crippen molar-refractivity contribution < 1.29 is 13.2 Å². The molecule has 2 aromatic rings. The number of thiazole rings is 1. The first-order valence-electron chi connectivity index (χ1n) is 11.4. The molecule has 1 aromatic carbocycles. The Morgan fingerprint density at radius 3 is 2.50 bits per heavy atom. The van der Waals surface area contributed by atoms with Crippen molar-refractivity contribution in [3.8, 4) is 0 Å². The van der Waals surface area contributed by atoms with Gasteiger partial charge in [-0.05, 0) is 62.9 Å². The number of nitrogens with zero attached hydrogens (tertiary/aromatic N) is 3. The molecule has 0 radical (unpaired) electrons. The third-order valence-corrected chi connectivity index (χ3v) is 9.72. The summed E-state index contributed by atoms with van der Waals surface area (Å²) in [7, 11) is -1.97. The van der Waals surface area contributed by atoms with Crippen molar-refractivity contribution in [2.45, 2.75) is 37.5 Å². The van der Waals surface area contributed by atoms with Crippen LogP contribution < -0.4 is 10.2 Å². The Morgan fingerprint density at radius 1 is 1.12 bits per heavy atom. The second-order valence-electron chi connectivity index (χ2n) is 9.05. The van der Waals surface area contributed by atoms with Gasteiger partial charge in [0.1, 0.15) is 0 Å². The highest BCUT2D eigenvalue weighted by molar-refractivity contribution is 7.89. The Hall–Kier alpha value is -1.75. The van der Waals surface area contributed by atoms with E-state index in [4.69, 9.17) is 0 Å². The first-order chi connectivity index (χ1) is 15.3. The van der Waals surface area contributed by atoms with Gasteiger partial charge in [-0.15, -0.1) is 0 Å². The number of amides is 1. The van der Waals surface area contributed by atoms with Crippen LogP contribution in [0.2, 0.25) is 0 Å². The number of benzene rings is 1. The lowest BCUT2D eigenvalue weighted by molar-refractivity contribution is -0.126. The van der Waals surface area contributed by atoms with Crippen molar-refractivity contribution in [1.29, 1.82) is 0 Å². The number of carbonyl (C=O) groups is 1. The molecule has 176 valence electrons. The Bertz CT molecular complexity index is 1120. The van der Waals surface area contributed by atoms with Crippen molar-refractivity contribution >= 4 is 37.5 Å². The number of hydrogen-bond acceptors (Lipinski definition) is 6. The van der Waals surface area contributed by atoms with E-state index in [1.54, 1.807) is 25.2 Å². The van der Waals surface area contributed by atoms with Crippen molar-refractivity contribution in [2.24, 2.45) is 18.9 Å². The van der Waals surface area contributed by atoms with E-state index in [0.717, 1.165) is 42.4 Å². The minimum atomic E-state index is -3.65. The normalized spacial score (nSPS) is 20.1. The van der Waals surface area contributed by atoms with Gasteiger partial charge in [0.15, 0.2) is 0 Å². The van der Waals surface area contributed by atoms with Gasteiger partial charge in [-0.25, -0.2) is 8.42 Å². The summed E-state index contributed by atoms with van der Waals surface area (Å²) in [5, 5.41) is 3.04. The maximum atomic E-state index is 13.1. The highest BCUT2D eigenvalue weighted by Crippen LogP contribution is 2.27. The molecule has 4 rings (SSSR count).